The maximum Gasteiger partial charge on any atom is 0.191 e. The number of nitrogens with zero attached hydrogens (tertiary/aromatic N) is 3. The molecular weight excluding hydrogens is 324 g/mol. The number of aryl methyl sites for hydroxylation is 2. The van der Waals surface area contributed by atoms with Crippen molar-refractivity contribution in [2.24, 2.45) is 0 Å². The standard InChI is InChI=1S/C17H20N4O2S/c1-12-16(13-6-3-4-7-14(13)19-12)15(22)10-24-17-20-18-11-21(17)8-5-9-23-2/h3-4,6-7,11,19H,5,8-10H2,1-2H3. The van der Waals surface area contributed by atoms with E-state index in [0.717, 1.165) is 40.3 Å². The first-order valence-corrected chi connectivity index (χ1v) is 8.79. The van der Waals surface area contributed by atoms with Gasteiger partial charge in [0.25, 0.3) is 0 Å². The number of fused-ring (bicyclic) bond motifs is 1. The number of hydrogen-bond donors (Lipinski definition) is 1. The van der Waals surface area contributed by atoms with Crippen molar-refractivity contribution in [2.45, 2.75) is 25.0 Å². The first kappa shape index (κ1) is 16.7. The molecule has 0 saturated heterocycles. The quantitative estimate of drug-likeness (QED) is 0.386. The van der Waals surface area contributed by atoms with E-state index >= 15 is 0 Å². The van der Waals surface area contributed by atoms with Crippen LogP contribution in [0.4, 0.5) is 0 Å². The summed E-state index contributed by atoms with van der Waals surface area (Å²) in [6.07, 6.45) is 2.58. The summed E-state index contributed by atoms with van der Waals surface area (Å²) < 4.78 is 7.02. The Bertz CT molecular complexity index is 840. The number of methoxy groups -OCH3 is 1. The molecule has 24 heavy (non-hydrogen) atoms. The van der Waals surface area contributed by atoms with Gasteiger partial charge in [0.15, 0.2) is 10.9 Å². The van der Waals surface area contributed by atoms with Crippen molar-refractivity contribution in [1.82, 2.24) is 19.7 Å². The van der Waals surface area contributed by atoms with Gasteiger partial charge in [-0.15, -0.1) is 10.2 Å². The van der Waals surface area contributed by atoms with E-state index in [-0.39, 0.29) is 5.78 Å². The molecule has 0 atom stereocenters. The van der Waals surface area contributed by atoms with E-state index in [2.05, 4.69) is 15.2 Å². The molecule has 0 fully saturated rings. The topological polar surface area (TPSA) is 72.8 Å². The molecule has 0 aliphatic rings. The Balaban J connectivity index is 1.70. The van der Waals surface area contributed by atoms with Crippen LogP contribution in [-0.2, 0) is 11.3 Å². The number of para-hydroxylation sites is 1. The number of benzene rings is 1. The number of ketones is 1. The molecule has 1 N–H and O–H groups in total. The largest absolute Gasteiger partial charge is 0.385 e. The number of H-pyrrole nitrogens is 1. The van der Waals surface area contributed by atoms with Crippen LogP contribution in [0.15, 0.2) is 35.7 Å². The number of carbonyl (C=O) groups is 1. The number of aromatic amines is 1. The molecule has 3 rings (SSSR count). The highest BCUT2D eigenvalue weighted by molar-refractivity contribution is 7.99. The third-order valence-corrected chi connectivity index (χ3v) is 4.81. The average Bonchev–Trinajstić information content (AvgIpc) is 3.16. The van der Waals surface area contributed by atoms with Crippen LogP contribution in [0.2, 0.25) is 0 Å². The second-order valence-corrected chi connectivity index (χ2v) is 6.48. The zero-order valence-electron chi connectivity index (χ0n) is 13.8. The maximum atomic E-state index is 12.7. The molecule has 0 aliphatic heterocycles. The molecule has 126 valence electrons. The Labute approximate surface area is 144 Å². The first-order chi connectivity index (χ1) is 11.7. The maximum absolute atomic E-state index is 12.7. The molecule has 3 aromatic rings. The lowest BCUT2D eigenvalue weighted by molar-refractivity contribution is 0.102. The van der Waals surface area contributed by atoms with Crippen molar-refractivity contribution in [2.75, 3.05) is 19.5 Å². The molecule has 0 bridgehead atoms. The molecule has 0 unspecified atom stereocenters. The number of hydrogen-bond acceptors (Lipinski definition) is 5. The van der Waals surface area contributed by atoms with Gasteiger partial charge < -0.3 is 14.3 Å². The minimum absolute atomic E-state index is 0.0985. The summed E-state index contributed by atoms with van der Waals surface area (Å²) in [6.45, 7) is 3.41. The molecule has 1 aromatic carbocycles. The summed E-state index contributed by atoms with van der Waals surface area (Å²) in [5.41, 5.74) is 2.66. The Kier molecular flexibility index (Phi) is 5.32. The highest BCUT2D eigenvalue weighted by Crippen LogP contribution is 2.25. The molecule has 6 nitrogen and oxygen atoms in total. The van der Waals surface area contributed by atoms with Crippen molar-refractivity contribution in [3.63, 3.8) is 0 Å². The van der Waals surface area contributed by atoms with Crippen LogP contribution in [0.5, 0.6) is 0 Å². The van der Waals surface area contributed by atoms with E-state index in [9.17, 15) is 4.79 Å². The van der Waals surface area contributed by atoms with E-state index in [1.807, 2.05) is 35.8 Å². The summed E-state index contributed by atoms with van der Waals surface area (Å²) in [5.74, 6) is 0.437. The highest BCUT2D eigenvalue weighted by Gasteiger charge is 2.17. The number of aromatic nitrogens is 4. The van der Waals surface area contributed by atoms with Gasteiger partial charge in [-0.25, -0.2) is 0 Å². The highest BCUT2D eigenvalue weighted by atomic mass is 32.2. The van der Waals surface area contributed by atoms with E-state index in [4.69, 9.17) is 4.74 Å². The van der Waals surface area contributed by atoms with Crippen LogP contribution in [0.1, 0.15) is 22.5 Å². The predicted molar refractivity (Wildman–Crippen MR) is 94.6 cm³/mol. The smallest absolute Gasteiger partial charge is 0.191 e. The fourth-order valence-electron chi connectivity index (χ4n) is 2.73. The number of nitrogens with one attached hydrogen (secondary N) is 1. The van der Waals surface area contributed by atoms with E-state index in [0.29, 0.717) is 12.4 Å². The van der Waals surface area contributed by atoms with Crippen LogP contribution < -0.4 is 0 Å². The van der Waals surface area contributed by atoms with Gasteiger partial charge in [0.2, 0.25) is 0 Å². The second kappa shape index (κ2) is 7.63. The lowest BCUT2D eigenvalue weighted by Gasteiger charge is -2.05. The number of ether oxygens (including phenoxy) is 1. The molecule has 0 spiro atoms. The Hall–Kier alpha value is -2.12. The Morgan fingerprint density at radius 2 is 2.21 bits per heavy atom. The van der Waals surface area contributed by atoms with Crippen molar-refractivity contribution in [3.05, 3.63) is 41.9 Å². The zero-order chi connectivity index (χ0) is 16.9. The van der Waals surface area contributed by atoms with Crippen LogP contribution in [0.25, 0.3) is 10.9 Å². The fourth-order valence-corrected chi connectivity index (χ4v) is 3.54. The SMILES string of the molecule is COCCCn1cnnc1SCC(=O)c1c(C)[nH]c2ccccc12. The number of thioether (sulfide) groups is 1. The van der Waals surface area contributed by atoms with Crippen molar-refractivity contribution in [3.8, 4) is 0 Å². The molecule has 0 amide bonds. The van der Waals surface area contributed by atoms with Crippen LogP contribution in [0, 0.1) is 6.92 Å². The van der Waals surface area contributed by atoms with E-state index in [1.165, 1.54) is 11.8 Å². The van der Waals surface area contributed by atoms with Gasteiger partial charge in [-0.1, -0.05) is 30.0 Å². The van der Waals surface area contributed by atoms with Gasteiger partial charge in [0.05, 0.1) is 5.75 Å². The predicted octanol–water partition coefficient (Wildman–Crippen LogP) is 3.08. The number of Topliss-reactive ketones (excluding diaryl/α,β-unsaturated/α-hetero) is 1. The van der Waals surface area contributed by atoms with Crippen molar-refractivity contribution in [1.29, 1.82) is 0 Å². The van der Waals surface area contributed by atoms with Gasteiger partial charge in [-0.05, 0) is 19.4 Å². The molecule has 0 saturated carbocycles. The minimum Gasteiger partial charge on any atom is -0.385 e. The third kappa shape index (κ3) is 3.52. The zero-order valence-corrected chi connectivity index (χ0v) is 14.6. The van der Waals surface area contributed by atoms with Crippen LogP contribution >= 0.6 is 11.8 Å². The molecule has 2 aromatic heterocycles. The monoisotopic (exact) mass is 344 g/mol. The Morgan fingerprint density at radius 3 is 3.04 bits per heavy atom. The lowest BCUT2D eigenvalue weighted by Crippen LogP contribution is -2.06. The van der Waals surface area contributed by atoms with Gasteiger partial charge in [0.1, 0.15) is 6.33 Å². The molecule has 0 aliphatic carbocycles. The summed E-state index contributed by atoms with van der Waals surface area (Å²) in [7, 11) is 1.68. The summed E-state index contributed by atoms with van der Waals surface area (Å²) in [5, 5.41) is 9.79. The van der Waals surface area contributed by atoms with Crippen LogP contribution in [-0.4, -0.2) is 45.0 Å². The second-order valence-electron chi connectivity index (χ2n) is 5.54. The average molecular weight is 344 g/mol. The van der Waals surface area contributed by atoms with Gasteiger partial charge in [0, 0.05) is 42.4 Å². The molecular formula is C17H20N4O2S. The molecule has 0 radical (unpaired) electrons. The van der Waals surface area contributed by atoms with Gasteiger partial charge >= 0.3 is 0 Å². The first-order valence-electron chi connectivity index (χ1n) is 7.80. The molecule has 7 heteroatoms. The normalized spacial score (nSPS) is 11.2. The fraction of sp³-hybridized carbons (Fsp3) is 0.353. The molecule has 2 heterocycles. The summed E-state index contributed by atoms with van der Waals surface area (Å²) in [4.78, 5) is 16.0. The van der Waals surface area contributed by atoms with Crippen LogP contribution in [0.3, 0.4) is 0 Å². The summed E-state index contributed by atoms with van der Waals surface area (Å²) >= 11 is 1.42. The van der Waals surface area contributed by atoms with Gasteiger partial charge in [-0.2, -0.15) is 0 Å². The number of rotatable bonds is 8. The minimum atomic E-state index is 0.0985. The lowest BCUT2D eigenvalue weighted by atomic mass is 10.1. The van der Waals surface area contributed by atoms with Gasteiger partial charge in [-0.3, -0.25) is 4.79 Å². The Morgan fingerprint density at radius 1 is 1.38 bits per heavy atom. The van der Waals surface area contributed by atoms with Crippen molar-refractivity contribution < 1.29 is 9.53 Å². The summed E-state index contributed by atoms with van der Waals surface area (Å²) in [6, 6.07) is 7.87. The van der Waals surface area contributed by atoms with E-state index < -0.39 is 0 Å². The van der Waals surface area contributed by atoms with Crippen molar-refractivity contribution >= 4 is 28.4 Å². The third-order valence-electron chi connectivity index (χ3n) is 3.83. The number of carbonyl (C=O) groups excluding carboxylic acids is 1. The van der Waals surface area contributed by atoms with E-state index in [1.54, 1.807) is 13.4 Å².